The first-order chi connectivity index (χ1) is 33.1. The molecule has 0 aromatic carbocycles. The first-order valence-corrected chi connectivity index (χ1v) is 27.3. The topological polar surface area (TPSA) is 626 Å². The quantitative estimate of drug-likeness (QED) is 0.0399. The average Bonchev–Trinajstić information content (AvgIpc) is 3.21. The molecule has 73 heavy (non-hydrogen) atoms. The van der Waals surface area contributed by atoms with E-state index in [-0.39, 0.29) is 0 Å². The molecule has 0 radical (unpaired) electrons. The first kappa shape index (κ1) is 63.2. The fraction of sp³-hybridized carbons (Fsp3) is 0.923. The number of carboxylic acids is 2. The van der Waals surface area contributed by atoms with Crippen molar-refractivity contribution in [1.82, 2.24) is 9.44 Å². The maximum atomic E-state index is 12.7. The molecular weight excluding hydrogens is 1160 g/mol. The number of aliphatic hydroxyl groups is 4. The Labute approximate surface area is 409 Å². The van der Waals surface area contributed by atoms with Crippen molar-refractivity contribution in [2.75, 3.05) is 27.4 Å². The van der Waals surface area contributed by atoms with E-state index >= 15 is 0 Å². The third-order valence-corrected chi connectivity index (χ3v) is 13.0. The zero-order chi connectivity index (χ0) is 55.7. The van der Waals surface area contributed by atoms with E-state index in [0.29, 0.717) is 0 Å². The van der Waals surface area contributed by atoms with E-state index in [1.807, 2.05) is 0 Å². The molecule has 47 heteroatoms. The van der Waals surface area contributed by atoms with Crippen LogP contribution in [0.3, 0.4) is 0 Å². The summed E-state index contributed by atoms with van der Waals surface area (Å²) in [5.41, 5.74) is 0. The molecule has 428 valence electrons. The molecule has 0 aromatic heterocycles. The smallest absolute Gasteiger partial charge is 0.397 e. The van der Waals surface area contributed by atoms with Gasteiger partial charge in [0.2, 0.25) is 0 Å². The molecule has 4 fully saturated rings. The van der Waals surface area contributed by atoms with Crippen LogP contribution in [0, 0.1) is 0 Å². The summed E-state index contributed by atoms with van der Waals surface area (Å²) in [6.07, 6.45) is -47.4. The fourth-order valence-electron chi connectivity index (χ4n) is 7.30. The Bertz CT molecular complexity index is 2620. The molecule has 41 nitrogen and oxygen atoms in total. The second kappa shape index (κ2) is 24.1. The number of carboxylic acid groups (broad SMARTS) is 2. The predicted octanol–water partition coefficient (Wildman–Crippen LogP) is -10.1. The monoisotopic (exact) mass is 1200 g/mol. The number of rotatable bonds is 24. The van der Waals surface area contributed by atoms with Gasteiger partial charge in [0, 0.05) is 14.2 Å². The van der Waals surface area contributed by atoms with Gasteiger partial charge in [0.25, 0.3) is 0 Å². The second-order valence-electron chi connectivity index (χ2n) is 15.0. The van der Waals surface area contributed by atoms with Crippen LogP contribution in [0.25, 0.3) is 0 Å². The first-order valence-electron chi connectivity index (χ1n) is 19.0. The summed E-state index contributed by atoms with van der Waals surface area (Å²) in [4.78, 5) is 24.8. The van der Waals surface area contributed by atoms with Crippen LogP contribution in [0.5, 0.6) is 0 Å². The van der Waals surface area contributed by atoms with Gasteiger partial charge >= 0.3 is 74.1 Å². The number of nitrogens with one attached hydrogen (secondary N) is 2. The Kier molecular flexibility index (Phi) is 20.9. The van der Waals surface area contributed by atoms with Crippen LogP contribution in [0.15, 0.2) is 0 Å². The molecule has 4 aliphatic rings. The standard InChI is InChI=1S/C26H44N2O39S6/c1-55-16-12(32)18(67-73(52,53)54)26(65-19(16)21(33)34)61-13-5(3-57-70(43,44)45)60-24(7(9(13)29)27-68(37,38)39)63-17-10(30)11(31)25(64-20(17)22(35)36)62-14-6(4-58-71(46,47)48)59-23(56-2)8(28-69(40,41)42)15(14)66-72(49,50)51/h5-20,23-32H,3-4H2,1-2H3,(H,33,34)(H,35,36)(H,37,38,39)(H,40,41,42)(H,43,44,45)(H,46,47,48)(H,49,50,51)(H,52,53,54)/t5?,6?,7?,8?,9-,10-,11?,12+,13+,14+,15-,16-,17-,18?,19?,20?,23-,24+,25-,26-/m1/s1. The second-order valence-corrected chi connectivity index (χ2v) is 21.6. The molecule has 0 spiro atoms. The van der Waals surface area contributed by atoms with Crippen LogP contribution in [0.2, 0.25) is 0 Å². The summed E-state index contributed by atoms with van der Waals surface area (Å²) < 4.78 is 266. The van der Waals surface area contributed by atoms with Gasteiger partial charge in [-0.05, 0) is 0 Å². The van der Waals surface area contributed by atoms with Gasteiger partial charge in [-0.3, -0.25) is 27.3 Å². The van der Waals surface area contributed by atoms with Crippen LogP contribution < -0.4 is 9.44 Å². The zero-order valence-electron chi connectivity index (χ0n) is 35.8. The lowest BCUT2D eigenvalue weighted by Crippen LogP contribution is -2.70. The lowest BCUT2D eigenvalue weighted by molar-refractivity contribution is -0.369. The van der Waals surface area contributed by atoms with Crippen molar-refractivity contribution in [3.05, 3.63) is 0 Å². The van der Waals surface area contributed by atoms with Gasteiger partial charge in [-0.1, -0.05) is 0 Å². The van der Waals surface area contributed by atoms with E-state index in [9.17, 15) is 118 Å². The zero-order valence-corrected chi connectivity index (χ0v) is 40.7. The molecule has 20 atom stereocenters. The Hall–Kier alpha value is -2.36. The highest BCUT2D eigenvalue weighted by Gasteiger charge is 2.59. The molecule has 4 heterocycles. The van der Waals surface area contributed by atoms with Crippen LogP contribution >= 0.6 is 0 Å². The highest BCUT2D eigenvalue weighted by atomic mass is 32.3. The van der Waals surface area contributed by atoms with Crippen molar-refractivity contribution in [2.24, 2.45) is 0 Å². The molecule has 0 bridgehead atoms. The lowest BCUT2D eigenvalue weighted by Gasteiger charge is -2.49. The molecule has 14 N–H and O–H groups in total. The van der Waals surface area contributed by atoms with Crippen molar-refractivity contribution < 1.29 is 177 Å². The van der Waals surface area contributed by atoms with Gasteiger partial charge < -0.3 is 73.3 Å². The number of aliphatic hydroxyl groups excluding tert-OH is 4. The van der Waals surface area contributed by atoms with E-state index in [0.717, 1.165) is 14.2 Å². The van der Waals surface area contributed by atoms with Gasteiger partial charge in [0.15, 0.2) is 43.5 Å². The predicted molar refractivity (Wildman–Crippen MR) is 211 cm³/mol. The number of methoxy groups -OCH3 is 2. The van der Waals surface area contributed by atoms with E-state index in [4.69, 9.17) is 42.6 Å². The van der Waals surface area contributed by atoms with Crippen molar-refractivity contribution in [3.8, 4) is 0 Å². The van der Waals surface area contributed by atoms with E-state index < -0.39 is 210 Å². The third kappa shape index (κ3) is 17.8. The molecule has 8 unspecified atom stereocenters. The van der Waals surface area contributed by atoms with Gasteiger partial charge in [-0.25, -0.2) is 26.3 Å². The summed E-state index contributed by atoms with van der Waals surface area (Å²) in [5, 5.41) is 65.0. The molecule has 4 aliphatic heterocycles. The Morgan fingerprint density at radius 1 is 0.438 bits per heavy atom. The van der Waals surface area contributed by atoms with Crippen molar-refractivity contribution >= 4 is 74.1 Å². The highest BCUT2D eigenvalue weighted by molar-refractivity contribution is 7.84. The van der Waals surface area contributed by atoms with Gasteiger partial charge in [0.05, 0.1) is 13.2 Å². The summed E-state index contributed by atoms with van der Waals surface area (Å²) in [5.74, 6) is -4.30. The van der Waals surface area contributed by atoms with Crippen molar-refractivity contribution in [1.29, 1.82) is 0 Å². The third-order valence-electron chi connectivity index (χ3n) is 10.0. The number of aliphatic carboxylic acids is 2. The van der Waals surface area contributed by atoms with Crippen LogP contribution in [0.1, 0.15) is 0 Å². The molecule has 0 amide bonds. The SMILES string of the molecule is CO[C@@H]1OC(COS(=O)(=O)O)[C@H](O[C@@H]2OC(C(=O)O)[C@H](O[C@@H]3OC(COS(=O)(=O)O)[C@H](O[C@@H]4OC(C(=O)O)[C@H](OC)[C@H](O)C4OS(=O)(=O)O)[C@H](O)C3NS(=O)(=O)O)[C@H](O)C2O)[C@H](OS(=O)(=O)O)C1NS(=O)(=O)O. The minimum absolute atomic E-state index is 0.724. The highest BCUT2D eigenvalue weighted by Crippen LogP contribution is 2.37. The van der Waals surface area contributed by atoms with Gasteiger partial charge in [-0.15, -0.1) is 0 Å². The van der Waals surface area contributed by atoms with E-state index in [2.05, 4.69) is 16.7 Å². The van der Waals surface area contributed by atoms with Crippen molar-refractivity contribution in [2.45, 2.75) is 123 Å². The van der Waals surface area contributed by atoms with Gasteiger partial charge in [0.1, 0.15) is 79.2 Å². The van der Waals surface area contributed by atoms with Crippen molar-refractivity contribution in [3.63, 3.8) is 0 Å². The summed E-state index contributed by atoms with van der Waals surface area (Å²) in [6.45, 7) is -3.22. The minimum Gasteiger partial charge on any atom is -0.479 e. The summed E-state index contributed by atoms with van der Waals surface area (Å²) in [7, 11) is -32.5. The molecule has 0 aliphatic carbocycles. The van der Waals surface area contributed by atoms with Crippen LogP contribution in [0.4, 0.5) is 0 Å². The maximum Gasteiger partial charge on any atom is 0.397 e. The molecule has 0 aromatic rings. The Balaban J connectivity index is 1.78. The maximum absolute atomic E-state index is 12.7. The van der Waals surface area contributed by atoms with Crippen LogP contribution in [-0.2, 0) is 131 Å². The molecule has 4 rings (SSSR count). The Morgan fingerprint density at radius 2 is 0.863 bits per heavy atom. The van der Waals surface area contributed by atoms with Gasteiger partial charge in [-0.2, -0.15) is 60.0 Å². The molecule has 0 saturated carbocycles. The van der Waals surface area contributed by atoms with E-state index in [1.54, 1.807) is 0 Å². The molecule has 4 saturated heterocycles. The average molecular weight is 1200 g/mol. The minimum atomic E-state index is -5.87. The largest absolute Gasteiger partial charge is 0.479 e. The fourth-order valence-corrected chi connectivity index (χ4v) is 10.1. The summed E-state index contributed by atoms with van der Waals surface area (Å²) in [6, 6.07) is -5.20. The normalized spacial score (nSPS) is 38.4. The van der Waals surface area contributed by atoms with Crippen LogP contribution in [-0.4, -0.2) is 271 Å². The lowest BCUT2D eigenvalue weighted by atomic mass is 9.94. The molecular formula is C26H44N2O39S6. The number of hydrogen-bond acceptors (Lipinski definition) is 31. The number of carbonyl (C=O) groups is 2. The summed E-state index contributed by atoms with van der Waals surface area (Å²) >= 11 is 0. The Morgan fingerprint density at radius 3 is 1.32 bits per heavy atom. The van der Waals surface area contributed by atoms with E-state index in [1.165, 1.54) is 9.44 Å². The number of hydrogen-bond donors (Lipinski definition) is 14. The number of ether oxygens (including phenoxy) is 9.